The Balaban J connectivity index is 0.00000108. The van der Waals surface area contributed by atoms with Gasteiger partial charge in [0.25, 0.3) is 11.5 Å². The van der Waals surface area contributed by atoms with E-state index in [0.717, 1.165) is 0 Å². The van der Waals surface area contributed by atoms with Crippen molar-refractivity contribution in [1.82, 2.24) is 4.98 Å². The predicted octanol–water partition coefficient (Wildman–Crippen LogP) is 2.90. The molecule has 0 aliphatic rings. The highest BCUT2D eigenvalue weighted by Gasteiger charge is 2.21. The Morgan fingerprint density at radius 2 is 1.62 bits per heavy atom. The number of hydrogen-bond acceptors (Lipinski definition) is 6. The fourth-order valence-electron chi connectivity index (χ4n) is 2.29. The van der Waals surface area contributed by atoms with Gasteiger partial charge >= 0.3 is 0 Å². The van der Waals surface area contributed by atoms with Crippen LogP contribution >= 0.6 is 9.03 Å². The number of hydrogen-bond donors (Lipinski definition) is 5. The topological polar surface area (TPSA) is 132 Å². The van der Waals surface area contributed by atoms with Gasteiger partial charge in [0.2, 0.25) is 9.03 Å². The summed E-state index contributed by atoms with van der Waals surface area (Å²) >= 11 is 0. The molecule has 9 heteroatoms. The summed E-state index contributed by atoms with van der Waals surface area (Å²) in [6, 6.07) is 15.7. The highest BCUT2D eigenvalue weighted by Crippen LogP contribution is 2.30. The Kier molecular flexibility index (Phi) is 11.2. The first kappa shape index (κ1) is 24.3. The first-order valence-electron chi connectivity index (χ1n) is 8.82. The molecule has 0 spiro atoms. The number of aromatic amines is 1. The first-order chi connectivity index (χ1) is 14.0. The number of anilines is 1. The number of para-hydroxylation sites is 2. The lowest BCUT2D eigenvalue weighted by atomic mass is 10.1. The molecule has 0 saturated carbocycles. The van der Waals surface area contributed by atoms with Crippen molar-refractivity contribution in [2.24, 2.45) is 0 Å². The minimum Gasteiger partial charge on any atom is -0.448 e. The molecule has 0 aliphatic heterocycles. The van der Waals surface area contributed by atoms with Crippen molar-refractivity contribution in [2.75, 3.05) is 18.5 Å². The number of amides is 1. The molecular formula is C20H27N2O6P. The molecule has 1 heterocycles. The zero-order valence-electron chi connectivity index (χ0n) is 16.2. The van der Waals surface area contributed by atoms with Crippen molar-refractivity contribution in [2.45, 2.75) is 13.8 Å². The zero-order valence-corrected chi connectivity index (χ0v) is 17.2. The van der Waals surface area contributed by atoms with Gasteiger partial charge in [0, 0.05) is 25.7 Å². The number of aliphatic hydroxyl groups is 2. The third-order valence-corrected chi connectivity index (χ3v) is 3.58. The van der Waals surface area contributed by atoms with Crippen molar-refractivity contribution < 1.29 is 25.9 Å². The van der Waals surface area contributed by atoms with Gasteiger partial charge in [-0.1, -0.05) is 30.3 Å². The van der Waals surface area contributed by atoms with Gasteiger partial charge in [0.05, 0.1) is 5.52 Å². The fourth-order valence-corrected chi connectivity index (χ4v) is 2.59. The van der Waals surface area contributed by atoms with E-state index in [1.165, 1.54) is 0 Å². The summed E-state index contributed by atoms with van der Waals surface area (Å²) in [5, 5.41) is 18.3. The van der Waals surface area contributed by atoms with Crippen molar-refractivity contribution >= 4 is 31.5 Å². The van der Waals surface area contributed by atoms with E-state index in [2.05, 4.69) is 10.3 Å². The molecule has 1 unspecified atom stereocenters. The van der Waals surface area contributed by atoms with Gasteiger partial charge in [0.15, 0.2) is 5.75 Å². The molecule has 0 bridgehead atoms. The molecule has 5 N–H and O–H groups in total. The number of H-pyrrole nitrogens is 1. The molecular weight excluding hydrogens is 395 g/mol. The summed E-state index contributed by atoms with van der Waals surface area (Å²) < 4.78 is 5.19. The molecule has 0 radical (unpaired) electrons. The van der Waals surface area contributed by atoms with Gasteiger partial charge in [0.1, 0.15) is 5.56 Å². The Labute approximate surface area is 171 Å². The fraction of sp³-hybridized carbons (Fsp3) is 0.200. The van der Waals surface area contributed by atoms with Crippen LogP contribution in [0.2, 0.25) is 0 Å². The van der Waals surface area contributed by atoms with Gasteiger partial charge in [-0.2, -0.15) is 0 Å². The molecule has 29 heavy (non-hydrogen) atoms. The number of carbonyl (C=O) groups excluding carboxylic acids is 1. The third kappa shape index (κ3) is 7.29. The largest absolute Gasteiger partial charge is 0.448 e. The highest BCUT2D eigenvalue weighted by atomic mass is 31.1. The average molecular weight is 422 g/mol. The number of nitrogens with one attached hydrogen (secondary N) is 2. The maximum atomic E-state index is 12.5. The molecule has 1 amide bonds. The van der Waals surface area contributed by atoms with Gasteiger partial charge in [-0.15, -0.1) is 0 Å². The van der Waals surface area contributed by atoms with Gasteiger partial charge in [-0.05, 0) is 38.1 Å². The van der Waals surface area contributed by atoms with Crippen LogP contribution in [0.3, 0.4) is 0 Å². The summed E-state index contributed by atoms with van der Waals surface area (Å²) in [6.07, 6.45) is 0. The molecule has 0 saturated heterocycles. The van der Waals surface area contributed by atoms with E-state index in [1.807, 2.05) is 6.07 Å². The summed E-state index contributed by atoms with van der Waals surface area (Å²) in [4.78, 5) is 36.5. The van der Waals surface area contributed by atoms with E-state index in [-0.39, 0.29) is 26.0 Å². The Hall–Kier alpha value is -2.77. The van der Waals surface area contributed by atoms with Crippen LogP contribution in [0.25, 0.3) is 10.9 Å². The molecule has 0 fully saturated rings. The van der Waals surface area contributed by atoms with E-state index in [0.29, 0.717) is 16.6 Å². The summed E-state index contributed by atoms with van der Waals surface area (Å²) in [6.45, 7) is 3.86. The molecule has 1 aromatic heterocycles. The van der Waals surface area contributed by atoms with Gasteiger partial charge < -0.3 is 29.9 Å². The highest BCUT2D eigenvalue weighted by molar-refractivity contribution is 7.25. The van der Waals surface area contributed by atoms with E-state index in [9.17, 15) is 9.59 Å². The molecule has 3 rings (SSSR count). The second-order valence-electron chi connectivity index (χ2n) is 5.35. The molecule has 8 nitrogen and oxygen atoms in total. The van der Waals surface area contributed by atoms with Crippen molar-refractivity contribution in [3.8, 4) is 5.75 Å². The minimum absolute atomic E-state index is 0. The van der Waals surface area contributed by atoms with Crippen LogP contribution in [0.5, 0.6) is 5.75 Å². The van der Waals surface area contributed by atoms with Crippen LogP contribution in [0.15, 0.2) is 59.4 Å². The summed E-state index contributed by atoms with van der Waals surface area (Å²) in [5.41, 5.74) is 0.337. The second-order valence-corrected chi connectivity index (χ2v) is 5.74. The summed E-state index contributed by atoms with van der Waals surface area (Å²) in [7, 11) is -0.881. The van der Waals surface area contributed by atoms with Crippen molar-refractivity contribution in [3.05, 3.63) is 70.5 Å². The second kappa shape index (κ2) is 13.4. The molecule has 1 atom stereocenters. The third-order valence-electron chi connectivity index (χ3n) is 3.28. The first-order valence-corrected chi connectivity index (χ1v) is 9.68. The quantitative estimate of drug-likeness (QED) is 0.411. The van der Waals surface area contributed by atoms with Crippen LogP contribution in [0, 0.1) is 0 Å². The number of carbonyl (C=O) groups is 1. The maximum absolute atomic E-state index is 12.5. The van der Waals surface area contributed by atoms with E-state index < -0.39 is 20.5 Å². The predicted molar refractivity (Wildman–Crippen MR) is 118 cm³/mol. The molecule has 2 aromatic carbocycles. The number of aromatic nitrogens is 1. The van der Waals surface area contributed by atoms with E-state index in [1.54, 1.807) is 62.4 Å². The Bertz CT molecular complexity index is 951. The van der Waals surface area contributed by atoms with Crippen LogP contribution in [-0.4, -0.2) is 39.2 Å². The zero-order chi connectivity index (χ0) is 21.6. The lowest BCUT2D eigenvalue weighted by Crippen LogP contribution is -2.24. The lowest BCUT2D eigenvalue weighted by molar-refractivity contribution is 0.102. The van der Waals surface area contributed by atoms with E-state index >= 15 is 0 Å². The number of benzene rings is 2. The maximum Gasteiger partial charge on any atom is 0.265 e. The van der Waals surface area contributed by atoms with Crippen molar-refractivity contribution in [1.29, 1.82) is 0 Å². The van der Waals surface area contributed by atoms with Gasteiger partial charge in [-0.3, -0.25) is 9.59 Å². The van der Waals surface area contributed by atoms with E-state index in [4.69, 9.17) is 19.6 Å². The van der Waals surface area contributed by atoms with Crippen LogP contribution in [-0.2, 0) is 0 Å². The molecule has 158 valence electrons. The minimum atomic E-state index is -0.881. The van der Waals surface area contributed by atoms with Gasteiger partial charge in [-0.25, -0.2) is 0 Å². The average Bonchev–Trinajstić information content (AvgIpc) is 2.70. The Morgan fingerprint density at radius 1 is 1.07 bits per heavy atom. The number of fused-ring (bicyclic) bond motifs is 1. The van der Waals surface area contributed by atoms with Crippen LogP contribution in [0.4, 0.5) is 5.69 Å². The standard InChI is InChI=1S/C16H13N2O4P.2C2H6O.H2/c19-15(17-10-6-2-1-3-7-10)13-14(22-23-21)11-8-4-5-9-12(11)18-16(13)20;2*1-2-3;/h1-9,21,23H,(H,17,19)(H,18,20);2*3H,2H2,1H3;1H. The number of pyridine rings is 1. The monoisotopic (exact) mass is 422 g/mol. The smallest absolute Gasteiger partial charge is 0.265 e. The van der Waals surface area contributed by atoms with Crippen molar-refractivity contribution in [3.63, 3.8) is 0 Å². The SMILES string of the molecule is CCO.CCO.O=C(Nc1ccccc1)c1c(OPO)c2ccccc2[nH]c1=O.[HH]. The lowest BCUT2D eigenvalue weighted by Gasteiger charge is -2.12. The molecule has 0 aliphatic carbocycles. The van der Waals surface area contributed by atoms with Crippen LogP contribution < -0.4 is 15.4 Å². The summed E-state index contributed by atoms with van der Waals surface area (Å²) in [5.74, 6) is -0.532. The normalized spacial score (nSPS) is 9.97. The number of rotatable bonds is 4. The number of aliphatic hydroxyl groups excluding tert-OH is 2. The molecule has 3 aromatic rings. The Morgan fingerprint density at radius 3 is 2.21 bits per heavy atom. The van der Waals surface area contributed by atoms with Crippen LogP contribution in [0.1, 0.15) is 25.6 Å².